The number of carbonyl (C=O) groups excluding carboxylic acids is 2. The third kappa shape index (κ3) is 7.18. The van der Waals surface area contributed by atoms with Crippen molar-refractivity contribution in [2.75, 3.05) is 23.7 Å². The number of hydrogen-bond acceptors (Lipinski definition) is 3. The molecule has 3 rings (SSSR count). The lowest BCUT2D eigenvalue weighted by molar-refractivity contribution is -0.116. The van der Waals surface area contributed by atoms with Crippen LogP contribution in [0.3, 0.4) is 0 Å². The summed E-state index contributed by atoms with van der Waals surface area (Å²) in [6.07, 6.45) is 0. The van der Waals surface area contributed by atoms with Gasteiger partial charge in [0, 0.05) is 23.7 Å². The minimum Gasteiger partial charge on any atom is -0.315 e. The summed E-state index contributed by atoms with van der Waals surface area (Å²) in [5.41, 5.74) is 4.40. The van der Waals surface area contributed by atoms with Crippen LogP contribution in [-0.4, -0.2) is 39.7 Å². The summed E-state index contributed by atoms with van der Waals surface area (Å²) in [7, 11) is 0. The molecule has 0 fully saturated rings. The van der Waals surface area contributed by atoms with E-state index in [-0.39, 0.29) is 29.8 Å². The minimum atomic E-state index is -0.304. The lowest BCUT2D eigenvalue weighted by Crippen LogP contribution is -2.42. The topological polar surface area (TPSA) is 79.3 Å². The van der Waals surface area contributed by atoms with E-state index in [9.17, 15) is 9.59 Å². The average Bonchev–Trinajstić information content (AvgIpc) is 3.17. The van der Waals surface area contributed by atoms with Crippen LogP contribution in [0.5, 0.6) is 0 Å². The summed E-state index contributed by atoms with van der Waals surface area (Å²) >= 11 is 0. The zero-order valence-electron chi connectivity index (χ0n) is 21.8. The maximum atomic E-state index is 13.2. The molecule has 0 saturated carbocycles. The summed E-state index contributed by atoms with van der Waals surface area (Å²) in [4.78, 5) is 27.7. The first-order valence-electron chi connectivity index (χ1n) is 12.0. The zero-order valence-corrected chi connectivity index (χ0v) is 21.8. The standard InChI is InChI=1S/C28H37N5O2/c1-19(2)17-32(27(35)29-22-12-8-10-20(3)14-22)18-26(34)30-25-16-24(28(5,6)7)31-33(25)23-13-9-11-21(4)15-23/h8-16,19H,17-18H2,1-7H3,(H,29,35)(H,30,34). The quantitative estimate of drug-likeness (QED) is 0.445. The predicted molar refractivity (Wildman–Crippen MR) is 142 cm³/mol. The van der Waals surface area contributed by atoms with Crippen LogP contribution in [0.1, 0.15) is 51.4 Å². The Morgan fingerprint density at radius 1 is 0.971 bits per heavy atom. The Labute approximate surface area is 208 Å². The number of hydrogen-bond donors (Lipinski definition) is 2. The normalized spacial score (nSPS) is 11.4. The molecule has 0 spiro atoms. The number of nitrogens with one attached hydrogen (secondary N) is 2. The monoisotopic (exact) mass is 475 g/mol. The van der Waals surface area contributed by atoms with Crippen LogP contribution in [0.4, 0.5) is 16.3 Å². The molecule has 0 unspecified atom stereocenters. The van der Waals surface area contributed by atoms with Crippen molar-refractivity contribution in [3.05, 3.63) is 71.4 Å². The van der Waals surface area contributed by atoms with Crippen molar-refractivity contribution in [3.8, 4) is 5.69 Å². The molecule has 7 heteroatoms. The molecule has 0 aliphatic carbocycles. The van der Waals surface area contributed by atoms with Crippen molar-refractivity contribution in [1.82, 2.24) is 14.7 Å². The molecule has 35 heavy (non-hydrogen) atoms. The van der Waals surface area contributed by atoms with Crippen LogP contribution >= 0.6 is 0 Å². The van der Waals surface area contributed by atoms with Crippen LogP contribution in [-0.2, 0) is 10.2 Å². The Morgan fingerprint density at radius 3 is 2.23 bits per heavy atom. The number of rotatable bonds is 7. The molecule has 1 heterocycles. The van der Waals surface area contributed by atoms with E-state index in [2.05, 4.69) is 31.4 Å². The Kier molecular flexibility index (Phi) is 7.99. The van der Waals surface area contributed by atoms with Gasteiger partial charge in [0.1, 0.15) is 12.4 Å². The molecule has 0 bridgehead atoms. The average molecular weight is 476 g/mol. The van der Waals surface area contributed by atoms with Gasteiger partial charge in [0.05, 0.1) is 11.4 Å². The Morgan fingerprint density at radius 2 is 1.63 bits per heavy atom. The molecule has 7 nitrogen and oxygen atoms in total. The summed E-state index contributed by atoms with van der Waals surface area (Å²) in [5, 5.41) is 10.7. The summed E-state index contributed by atoms with van der Waals surface area (Å²) in [5.74, 6) is 0.504. The van der Waals surface area contributed by atoms with Gasteiger partial charge in [0.25, 0.3) is 0 Å². The van der Waals surface area contributed by atoms with Crippen molar-refractivity contribution in [2.24, 2.45) is 5.92 Å². The van der Waals surface area contributed by atoms with E-state index in [4.69, 9.17) is 5.10 Å². The molecule has 0 atom stereocenters. The fraction of sp³-hybridized carbons (Fsp3) is 0.393. The third-order valence-corrected chi connectivity index (χ3v) is 5.47. The molecule has 2 N–H and O–H groups in total. The first-order chi connectivity index (χ1) is 16.4. The molecule has 3 aromatic rings. The Balaban J connectivity index is 1.82. The van der Waals surface area contributed by atoms with Crippen LogP contribution in [0, 0.1) is 19.8 Å². The van der Waals surface area contributed by atoms with Crippen molar-refractivity contribution in [2.45, 2.75) is 53.9 Å². The van der Waals surface area contributed by atoms with Gasteiger partial charge in [-0.2, -0.15) is 5.10 Å². The molecule has 2 aromatic carbocycles. The van der Waals surface area contributed by atoms with Gasteiger partial charge in [0.15, 0.2) is 0 Å². The van der Waals surface area contributed by atoms with Crippen LogP contribution in [0.15, 0.2) is 54.6 Å². The van der Waals surface area contributed by atoms with E-state index in [0.717, 1.165) is 22.5 Å². The number of aryl methyl sites for hydroxylation is 2. The number of amides is 3. The highest BCUT2D eigenvalue weighted by molar-refractivity contribution is 5.96. The summed E-state index contributed by atoms with van der Waals surface area (Å²) in [6, 6.07) is 17.2. The van der Waals surface area contributed by atoms with Gasteiger partial charge in [0.2, 0.25) is 5.91 Å². The summed E-state index contributed by atoms with van der Waals surface area (Å²) < 4.78 is 1.76. The minimum absolute atomic E-state index is 0.0698. The molecule has 0 radical (unpaired) electrons. The molecular weight excluding hydrogens is 438 g/mol. The van der Waals surface area contributed by atoms with Gasteiger partial charge in [-0.3, -0.25) is 4.79 Å². The highest BCUT2D eigenvalue weighted by Crippen LogP contribution is 2.26. The van der Waals surface area contributed by atoms with Gasteiger partial charge in [-0.1, -0.05) is 58.9 Å². The van der Waals surface area contributed by atoms with Crippen molar-refractivity contribution in [1.29, 1.82) is 0 Å². The number of anilines is 2. The second-order valence-corrected chi connectivity index (χ2v) is 10.5. The first kappa shape index (κ1) is 26.0. The van der Waals surface area contributed by atoms with E-state index >= 15 is 0 Å². The molecule has 3 amide bonds. The second-order valence-electron chi connectivity index (χ2n) is 10.5. The van der Waals surface area contributed by atoms with Gasteiger partial charge < -0.3 is 15.5 Å². The number of carbonyl (C=O) groups is 2. The number of urea groups is 1. The molecular formula is C28H37N5O2. The number of benzene rings is 2. The van der Waals surface area contributed by atoms with Crippen LogP contribution < -0.4 is 10.6 Å². The molecule has 186 valence electrons. The summed E-state index contributed by atoms with van der Waals surface area (Å²) in [6.45, 7) is 14.7. The van der Waals surface area contributed by atoms with Crippen molar-refractivity contribution >= 4 is 23.4 Å². The third-order valence-electron chi connectivity index (χ3n) is 5.47. The zero-order chi connectivity index (χ0) is 25.8. The lowest BCUT2D eigenvalue weighted by Gasteiger charge is -2.24. The van der Waals surface area contributed by atoms with E-state index in [1.165, 1.54) is 0 Å². The van der Waals surface area contributed by atoms with E-state index in [1.54, 1.807) is 9.58 Å². The first-order valence-corrected chi connectivity index (χ1v) is 12.0. The molecule has 1 aromatic heterocycles. The Bertz CT molecular complexity index is 1190. The van der Waals surface area contributed by atoms with Gasteiger partial charge in [-0.05, 0) is 55.2 Å². The van der Waals surface area contributed by atoms with Gasteiger partial charge >= 0.3 is 6.03 Å². The largest absolute Gasteiger partial charge is 0.322 e. The predicted octanol–water partition coefficient (Wildman–Crippen LogP) is 5.92. The Hall–Kier alpha value is -3.61. The fourth-order valence-corrected chi connectivity index (χ4v) is 3.73. The van der Waals surface area contributed by atoms with Crippen molar-refractivity contribution in [3.63, 3.8) is 0 Å². The van der Waals surface area contributed by atoms with Gasteiger partial charge in [-0.25, -0.2) is 9.48 Å². The van der Waals surface area contributed by atoms with E-state index < -0.39 is 0 Å². The highest BCUT2D eigenvalue weighted by atomic mass is 16.2. The van der Waals surface area contributed by atoms with Crippen molar-refractivity contribution < 1.29 is 9.59 Å². The molecule has 0 saturated heterocycles. The van der Waals surface area contributed by atoms with Crippen LogP contribution in [0.25, 0.3) is 5.69 Å². The van der Waals surface area contributed by atoms with E-state index in [0.29, 0.717) is 18.1 Å². The fourth-order valence-electron chi connectivity index (χ4n) is 3.73. The SMILES string of the molecule is Cc1cccc(NC(=O)N(CC(=O)Nc2cc(C(C)(C)C)nn2-c2cccc(C)c2)CC(C)C)c1. The number of aromatic nitrogens is 2. The maximum Gasteiger partial charge on any atom is 0.322 e. The van der Waals surface area contributed by atoms with E-state index in [1.807, 2.05) is 82.3 Å². The highest BCUT2D eigenvalue weighted by Gasteiger charge is 2.23. The maximum absolute atomic E-state index is 13.2. The molecule has 0 aliphatic rings. The molecule has 0 aliphatic heterocycles. The number of nitrogens with zero attached hydrogens (tertiary/aromatic N) is 3. The second kappa shape index (κ2) is 10.8. The smallest absolute Gasteiger partial charge is 0.315 e. The van der Waals surface area contributed by atoms with Gasteiger partial charge in [-0.15, -0.1) is 0 Å². The lowest BCUT2D eigenvalue weighted by atomic mass is 9.92. The van der Waals surface area contributed by atoms with Crippen LogP contribution in [0.2, 0.25) is 0 Å².